The average Bonchev–Trinajstić information content (AvgIpc) is 2.75. The zero-order valence-electron chi connectivity index (χ0n) is 12.1. The molecule has 0 unspecified atom stereocenters. The number of carbonyl (C=O) groups excluding carboxylic acids is 1. The Labute approximate surface area is 121 Å². The van der Waals surface area contributed by atoms with Crippen molar-refractivity contribution in [2.24, 2.45) is 0 Å². The quantitative estimate of drug-likeness (QED) is 0.791. The molecule has 21 heavy (non-hydrogen) atoms. The number of nitrogens with zero attached hydrogens (tertiary/aromatic N) is 3. The van der Waals surface area contributed by atoms with E-state index in [0.29, 0.717) is 48.8 Å². The van der Waals surface area contributed by atoms with E-state index in [1.165, 1.54) is 0 Å². The number of aryl methyl sites for hydroxylation is 2. The summed E-state index contributed by atoms with van der Waals surface area (Å²) in [6.07, 6.45) is 2.67. The number of hydrogen-bond donors (Lipinski definition) is 2. The summed E-state index contributed by atoms with van der Waals surface area (Å²) in [5, 5.41) is 0. The minimum Gasteiger partial charge on any atom is -0.338 e. The van der Waals surface area contributed by atoms with Gasteiger partial charge < -0.3 is 14.9 Å². The Balaban J connectivity index is 1.83. The summed E-state index contributed by atoms with van der Waals surface area (Å²) in [6, 6.07) is 0. The average molecular weight is 287 g/mol. The van der Waals surface area contributed by atoms with Gasteiger partial charge in [-0.05, 0) is 20.3 Å². The van der Waals surface area contributed by atoms with E-state index in [-0.39, 0.29) is 11.5 Å². The second kappa shape index (κ2) is 5.16. The van der Waals surface area contributed by atoms with E-state index in [0.717, 1.165) is 5.69 Å². The smallest absolute Gasteiger partial charge is 0.271 e. The van der Waals surface area contributed by atoms with Crippen LogP contribution in [0.4, 0.5) is 0 Å². The van der Waals surface area contributed by atoms with Crippen molar-refractivity contribution in [3.05, 3.63) is 45.2 Å². The first kappa shape index (κ1) is 13.5. The maximum Gasteiger partial charge on any atom is 0.271 e. The number of fused-ring (bicyclic) bond motifs is 1. The molecule has 2 aromatic heterocycles. The zero-order valence-corrected chi connectivity index (χ0v) is 12.1. The van der Waals surface area contributed by atoms with Crippen molar-refractivity contribution in [1.29, 1.82) is 0 Å². The summed E-state index contributed by atoms with van der Waals surface area (Å²) in [6.45, 7) is 4.64. The molecule has 1 amide bonds. The van der Waals surface area contributed by atoms with Gasteiger partial charge in [-0.15, -0.1) is 0 Å². The van der Waals surface area contributed by atoms with Crippen LogP contribution in [0.2, 0.25) is 0 Å². The number of H-pyrrole nitrogens is 2. The van der Waals surface area contributed by atoms with Gasteiger partial charge >= 0.3 is 0 Å². The second-order valence-electron chi connectivity index (χ2n) is 5.25. The van der Waals surface area contributed by atoms with Crippen molar-refractivity contribution < 1.29 is 4.79 Å². The van der Waals surface area contributed by atoms with Gasteiger partial charge in [-0.1, -0.05) is 0 Å². The normalized spacial score (nSPS) is 14.7. The van der Waals surface area contributed by atoms with E-state index in [9.17, 15) is 9.59 Å². The molecule has 0 spiro atoms. The maximum absolute atomic E-state index is 12.4. The highest BCUT2D eigenvalue weighted by molar-refractivity contribution is 5.92. The fourth-order valence-electron chi connectivity index (χ4n) is 2.64. The standard InChI is InChI=1S/C14H17N5O2/c1-8-15-7-12(16-8)14(21)19-5-3-10-11(4-6-19)17-9(2)18-13(10)20/h7H,3-6H2,1-2H3,(H,15,16)(H,17,18,20). The first-order chi connectivity index (χ1) is 10.0. The van der Waals surface area contributed by atoms with Crippen LogP contribution in [0.3, 0.4) is 0 Å². The molecule has 2 aromatic rings. The van der Waals surface area contributed by atoms with Crippen molar-refractivity contribution in [1.82, 2.24) is 24.8 Å². The van der Waals surface area contributed by atoms with E-state index in [4.69, 9.17) is 0 Å². The number of nitrogens with one attached hydrogen (secondary N) is 2. The second-order valence-corrected chi connectivity index (χ2v) is 5.25. The van der Waals surface area contributed by atoms with E-state index >= 15 is 0 Å². The largest absolute Gasteiger partial charge is 0.338 e. The Bertz CT molecular complexity index is 746. The first-order valence-electron chi connectivity index (χ1n) is 6.94. The van der Waals surface area contributed by atoms with Gasteiger partial charge in [0.05, 0.1) is 11.9 Å². The third-order valence-corrected chi connectivity index (χ3v) is 3.69. The lowest BCUT2D eigenvalue weighted by atomic mass is 10.1. The summed E-state index contributed by atoms with van der Waals surface area (Å²) in [4.78, 5) is 40.2. The summed E-state index contributed by atoms with van der Waals surface area (Å²) in [5.74, 6) is 1.24. The van der Waals surface area contributed by atoms with Crippen molar-refractivity contribution in [2.45, 2.75) is 26.7 Å². The van der Waals surface area contributed by atoms with Crippen LogP contribution in [-0.4, -0.2) is 43.8 Å². The molecule has 0 radical (unpaired) electrons. The number of imidazole rings is 1. The highest BCUT2D eigenvalue weighted by Crippen LogP contribution is 2.12. The Hall–Kier alpha value is -2.44. The van der Waals surface area contributed by atoms with Crippen molar-refractivity contribution >= 4 is 5.91 Å². The third kappa shape index (κ3) is 2.58. The minimum atomic E-state index is -0.0933. The number of hydrogen-bond acceptors (Lipinski definition) is 4. The van der Waals surface area contributed by atoms with Gasteiger partial charge in [-0.25, -0.2) is 9.97 Å². The molecule has 0 atom stereocenters. The Morgan fingerprint density at radius 1 is 1.19 bits per heavy atom. The first-order valence-corrected chi connectivity index (χ1v) is 6.94. The SMILES string of the molecule is Cc1ncc(C(=O)N2CCc3nc(C)[nH]c(=O)c3CC2)[nH]1. The molecular formula is C14H17N5O2. The van der Waals surface area contributed by atoms with Crippen LogP contribution in [0.25, 0.3) is 0 Å². The van der Waals surface area contributed by atoms with Crippen LogP contribution in [0.1, 0.15) is 33.4 Å². The zero-order chi connectivity index (χ0) is 15.0. The highest BCUT2D eigenvalue weighted by atomic mass is 16.2. The number of carbonyl (C=O) groups is 1. The van der Waals surface area contributed by atoms with Crippen LogP contribution in [-0.2, 0) is 12.8 Å². The van der Waals surface area contributed by atoms with Gasteiger partial charge in [0.1, 0.15) is 17.3 Å². The Morgan fingerprint density at radius 2 is 1.95 bits per heavy atom. The van der Waals surface area contributed by atoms with Gasteiger partial charge in [0.2, 0.25) is 0 Å². The fourth-order valence-corrected chi connectivity index (χ4v) is 2.64. The van der Waals surface area contributed by atoms with Gasteiger partial charge in [-0.2, -0.15) is 0 Å². The van der Waals surface area contributed by atoms with Crippen molar-refractivity contribution in [2.75, 3.05) is 13.1 Å². The van der Waals surface area contributed by atoms with Crippen LogP contribution in [0.5, 0.6) is 0 Å². The molecule has 1 aliphatic heterocycles. The number of aromatic nitrogens is 4. The van der Waals surface area contributed by atoms with Crippen molar-refractivity contribution in [3.63, 3.8) is 0 Å². The van der Waals surface area contributed by atoms with E-state index in [1.807, 2.05) is 0 Å². The summed E-state index contributed by atoms with van der Waals surface area (Å²) < 4.78 is 0. The molecule has 110 valence electrons. The molecule has 0 fully saturated rings. The molecule has 0 aliphatic carbocycles. The molecule has 7 heteroatoms. The fraction of sp³-hybridized carbons (Fsp3) is 0.429. The lowest BCUT2D eigenvalue weighted by Crippen LogP contribution is -2.33. The van der Waals surface area contributed by atoms with Crippen molar-refractivity contribution in [3.8, 4) is 0 Å². The molecule has 7 nitrogen and oxygen atoms in total. The molecule has 0 bridgehead atoms. The lowest BCUT2D eigenvalue weighted by Gasteiger charge is -2.18. The van der Waals surface area contributed by atoms with Gasteiger partial charge in [0.25, 0.3) is 11.5 Å². The summed E-state index contributed by atoms with van der Waals surface area (Å²) in [7, 11) is 0. The molecule has 1 aliphatic rings. The minimum absolute atomic E-state index is 0.0865. The molecule has 2 N–H and O–H groups in total. The Kier molecular flexibility index (Phi) is 3.32. The molecule has 0 aromatic carbocycles. The van der Waals surface area contributed by atoms with E-state index in [2.05, 4.69) is 19.9 Å². The number of amides is 1. The maximum atomic E-state index is 12.4. The molecular weight excluding hydrogens is 270 g/mol. The van der Waals surface area contributed by atoms with Crippen LogP contribution >= 0.6 is 0 Å². The predicted molar refractivity (Wildman–Crippen MR) is 76.2 cm³/mol. The Morgan fingerprint density at radius 3 is 2.67 bits per heavy atom. The number of rotatable bonds is 1. The molecule has 3 heterocycles. The van der Waals surface area contributed by atoms with Gasteiger partial charge in [0, 0.05) is 25.1 Å². The number of aromatic amines is 2. The van der Waals surface area contributed by atoms with Crippen LogP contribution < -0.4 is 5.56 Å². The highest BCUT2D eigenvalue weighted by Gasteiger charge is 2.23. The molecule has 0 saturated carbocycles. The lowest BCUT2D eigenvalue weighted by molar-refractivity contribution is 0.0757. The monoisotopic (exact) mass is 287 g/mol. The van der Waals surface area contributed by atoms with E-state index in [1.54, 1.807) is 24.9 Å². The van der Waals surface area contributed by atoms with Gasteiger partial charge in [-0.3, -0.25) is 9.59 Å². The topological polar surface area (TPSA) is 94.7 Å². The summed E-state index contributed by atoms with van der Waals surface area (Å²) in [5.41, 5.74) is 1.88. The van der Waals surface area contributed by atoms with Gasteiger partial charge in [0.15, 0.2) is 0 Å². The van der Waals surface area contributed by atoms with Crippen LogP contribution in [0.15, 0.2) is 11.0 Å². The summed E-state index contributed by atoms with van der Waals surface area (Å²) >= 11 is 0. The predicted octanol–water partition coefficient (Wildman–Crippen LogP) is 0.351. The molecule has 3 rings (SSSR count). The third-order valence-electron chi connectivity index (χ3n) is 3.69. The van der Waals surface area contributed by atoms with Crippen LogP contribution in [0, 0.1) is 13.8 Å². The van der Waals surface area contributed by atoms with E-state index < -0.39 is 0 Å². The molecule has 0 saturated heterocycles.